The van der Waals surface area contributed by atoms with Crippen molar-refractivity contribution in [1.29, 1.82) is 0 Å². The van der Waals surface area contributed by atoms with Crippen molar-refractivity contribution < 1.29 is 14.7 Å². The lowest BCUT2D eigenvalue weighted by Gasteiger charge is -2.20. The van der Waals surface area contributed by atoms with Gasteiger partial charge in [0.15, 0.2) is 0 Å². The van der Waals surface area contributed by atoms with E-state index in [1.54, 1.807) is 0 Å². The number of nitrogens with one attached hydrogen (secondary N) is 1. The van der Waals surface area contributed by atoms with Crippen LogP contribution in [0.3, 0.4) is 0 Å². The Balaban J connectivity index is 4.05. The van der Waals surface area contributed by atoms with E-state index < -0.39 is 12.0 Å². The molecule has 0 aliphatic heterocycles. The van der Waals surface area contributed by atoms with Crippen molar-refractivity contribution >= 4 is 12.0 Å². The normalized spacial score (nSPS) is 11.9. The lowest BCUT2D eigenvalue weighted by molar-refractivity contribution is -0.138. The number of urea groups is 1. The molecule has 0 radical (unpaired) electrons. The highest BCUT2D eigenvalue weighted by molar-refractivity contribution is 5.82. The summed E-state index contributed by atoms with van der Waals surface area (Å²) in [5, 5.41) is 10.9. The molecular weight excluding hydrogens is 172 g/mol. The maximum absolute atomic E-state index is 11.3. The monoisotopic (exact) mass is 188 g/mol. The van der Waals surface area contributed by atoms with Gasteiger partial charge in [-0.05, 0) is 20.8 Å². The average Bonchev–Trinajstić information content (AvgIpc) is 2.06. The molecule has 0 saturated heterocycles. The van der Waals surface area contributed by atoms with Gasteiger partial charge in [0.1, 0.15) is 6.04 Å². The van der Waals surface area contributed by atoms with Gasteiger partial charge >= 0.3 is 12.0 Å². The molecule has 0 heterocycles. The van der Waals surface area contributed by atoms with E-state index in [4.69, 9.17) is 5.11 Å². The highest BCUT2D eigenvalue weighted by Crippen LogP contribution is 1.90. The van der Waals surface area contributed by atoms with E-state index in [-0.39, 0.29) is 6.03 Å². The number of amides is 2. The minimum absolute atomic E-state index is 0.333. The Hall–Kier alpha value is -1.26. The van der Waals surface area contributed by atoms with Crippen LogP contribution in [0.5, 0.6) is 0 Å². The Bertz CT molecular complexity index is 190. The number of hydrogen-bond acceptors (Lipinski definition) is 2. The highest BCUT2D eigenvalue weighted by atomic mass is 16.4. The van der Waals surface area contributed by atoms with Crippen LogP contribution in [-0.4, -0.2) is 41.1 Å². The van der Waals surface area contributed by atoms with Crippen molar-refractivity contribution in [2.45, 2.75) is 26.8 Å². The summed E-state index contributed by atoms with van der Waals surface area (Å²) >= 11 is 0. The predicted octanol–water partition coefficient (Wildman–Crippen LogP) is 0.511. The Labute approximate surface area is 77.7 Å². The molecule has 0 aliphatic carbocycles. The summed E-state index contributed by atoms with van der Waals surface area (Å²) in [6.07, 6.45) is 0. The molecule has 0 spiro atoms. The second-order valence-corrected chi connectivity index (χ2v) is 2.68. The summed E-state index contributed by atoms with van der Waals surface area (Å²) in [7, 11) is 0. The van der Waals surface area contributed by atoms with Crippen LogP contribution in [0.2, 0.25) is 0 Å². The number of carbonyl (C=O) groups excluding carboxylic acids is 1. The number of hydrogen-bond donors (Lipinski definition) is 2. The second-order valence-electron chi connectivity index (χ2n) is 2.68. The summed E-state index contributed by atoms with van der Waals surface area (Å²) in [6, 6.07) is -1.17. The zero-order valence-electron chi connectivity index (χ0n) is 8.20. The Morgan fingerprint density at radius 2 is 1.85 bits per heavy atom. The first-order valence-electron chi connectivity index (χ1n) is 4.31. The van der Waals surface area contributed by atoms with Gasteiger partial charge in [-0.25, -0.2) is 4.79 Å². The molecule has 0 aromatic rings. The van der Waals surface area contributed by atoms with Crippen LogP contribution >= 0.6 is 0 Å². The third-order valence-electron chi connectivity index (χ3n) is 1.76. The standard InChI is InChI=1S/C8H16N2O3/c1-4-10(5-2)8(13)9-6(3)7(11)12/h6H,4-5H2,1-3H3,(H,9,13)(H,11,12)/t6-/m0/s1. The van der Waals surface area contributed by atoms with Gasteiger partial charge in [-0.3, -0.25) is 4.79 Å². The summed E-state index contributed by atoms with van der Waals surface area (Å²) in [4.78, 5) is 23.2. The van der Waals surface area contributed by atoms with Gasteiger partial charge in [-0.2, -0.15) is 0 Å². The maximum Gasteiger partial charge on any atom is 0.325 e. The van der Waals surface area contributed by atoms with Crippen LogP contribution in [0.4, 0.5) is 4.79 Å². The molecule has 2 amide bonds. The molecule has 0 unspecified atom stereocenters. The molecule has 0 saturated carbocycles. The van der Waals surface area contributed by atoms with E-state index >= 15 is 0 Å². The zero-order chi connectivity index (χ0) is 10.4. The fraction of sp³-hybridized carbons (Fsp3) is 0.750. The quantitative estimate of drug-likeness (QED) is 0.675. The van der Waals surface area contributed by atoms with E-state index in [0.29, 0.717) is 13.1 Å². The molecule has 76 valence electrons. The van der Waals surface area contributed by atoms with E-state index in [0.717, 1.165) is 0 Å². The molecule has 0 aromatic carbocycles. The summed E-state index contributed by atoms with van der Waals surface area (Å²) in [5.41, 5.74) is 0. The molecule has 5 nitrogen and oxygen atoms in total. The SMILES string of the molecule is CCN(CC)C(=O)N[C@@H](C)C(=O)O. The summed E-state index contributed by atoms with van der Waals surface area (Å²) in [6.45, 7) is 6.27. The fourth-order valence-corrected chi connectivity index (χ4v) is 0.849. The molecule has 1 atom stereocenters. The lowest BCUT2D eigenvalue weighted by atomic mass is 10.3. The second kappa shape index (κ2) is 5.40. The number of carboxylic acid groups (broad SMARTS) is 1. The van der Waals surface area contributed by atoms with E-state index in [9.17, 15) is 9.59 Å². The molecule has 0 fully saturated rings. The smallest absolute Gasteiger partial charge is 0.325 e. The summed E-state index contributed by atoms with van der Waals surface area (Å²) < 4.78 is 0. The van der Waals surface area contributed by atoms with Gasteiger partial charge in [0.25, 0.3) is 0 Å². The van der Waals surface area contributed by atoms with Crippen LogP contribution in [0, 0.1) is 0 Å². The van der Waals surface area contributed by atoms with Crippen molar-refractivity contribution in [1.82, 2.24) is 10.2 Å². The van der Waals surface area contributed by atoms with Gasteiger partial charge in [0, 0.05) is 13.1 Å². The first kappa shape index (κ1) is 11.7. The number of rotatable bonds is 4. The Morgan fingerprint density at radius 1 is 1.38 bits per heavy atom. The minimum atomic E-state index is -1.03. The Kier molecular flexibility index (Phi) is 4.87. The van der Waals surface area contributed by atoms with Gasteiger partial charge in [-0.15, -0.1) is 0 Å². The first-order chi connectivity index (χ1) is 6.02. The molecule has 13 heavy (non-hydrogen) atoms. The van der Waals surface area contributed by atoms with Crippen molar-refractivity contribution in [3.8, 4) is 0 Å². The molecule has 0 aromatic heterocycles. The average molecular weight is 188 g/mol. The number of aliphatic carboxylic acids is 1. The van der Waals surface area contributed by atoms with Crippen LogP contribution in [0.15, 0.2) is 0 Å². The topological polar surface area (TPSA) is 69.6 Å². The van der Waals surface area contributed by atoms with Gasteiger partial charge in [-0.1, -0.05) is 0 Å². The molecular formula is C8H16N2O3. The molecule has 2 N–H and O–H groups in total. The van der Waals surface area contributed by atoms with Crippen molar-refractivity contribution in [2.75, 3.05) is 13.1 Å². The molecule has 0 rings (SSSR count). The predicted molar refractivity (Wildman–Crippen MR) is 48.6 cm³/mol. The maximum atomic E-state index is 11.3. The van der Waals surface area contributed by atoms with E-state index in [1.807, 2.05) is 13.8 Å². The van der Waals surface area contributed by atoms with E-state index in [1.165, 1.54) is 11.8 Å². The molecule has 0 bridgehead atoms. The van der Waals surface area contributed by atoms with Gasteiger partial charge < -0.3 is 15.3 Å². The molecule has 0 aliphatic rings. The third-order valence-corrected chi connectivity index (χ3v) is 1.76. The fourth-order valence-electron chi connectivity index (χ4n) is 0.849. The van der Waals surface area contributed by atoms with Crippen LogP contribution < -0.4 is 5.32 Å². The number of carbonyl (C=O) groups is 2. The first-order valence-corrected chi connectivity index (χ1v) is 4.31. The van der Waals surface area contributed by atoms with Crippen molar-refractivity contribution in [3.63, 3.8) is 0 Å². The Morgan fingerprint density at radius 3 is 2.15 bits per heavy atom. The summed E-state index contributed by atoms with van der Waals surface area (Å²) in [5.74, 6) is -1.03. The lowest BCUT2D eigenvalue weighted by Crippen LogP contribution is -2.46. The van der Waals surface area contributed by atoms with Crippen LogP contribution in [-0.2, 0) is 4.79 Å². The van der Waals surface area contributed by atoms with Crippen molar-refractivity contribution in [3.05, 3.63) is 0 Å². The molecule has 5 heteroatoms. The van der Waals surface area contributed by atoms with Gasteiger partial charge in [0.2, 0.25) is 0 Å². The largest absolute Gasteiger partial charge is 0.480 e. The number of nitrogens with zero attached hydrogens (tertiary/aromatic N) is 1. The third kappa shape index (κ3) is 3.78. The van der Waals surface area contributed by atoms with Crippen molar-refractivity contribution in [2.24, 2.45) is 0 Å². The van der Waals surface area contributed by atoms with Gasteiger partial charge in [0.05, 0.1) is 0 Å². The van der Waals surface area contributed by atoms with Crippen LogP contribution in [0.25, 0.3) is 0 Å². The van der Waals surface area contributed by atoms with E-state index in [2.05, 4.69) is 5.32 Å². The van der Waals surface area contributed by atoms with Crippen LogP contribution in [0.1, 0.15) is 20.8 Å². The minimum Gasteiger partial charge on any atom is -0.480 e. The highest BCUT2D eigenvalue weighted by Gasteiger charge is 2.16. The zero-order valence-corrected chi connectivity index (χ0v) is 8.20. The number of carboxylic acids is 1.